The molecule has 0 aliphatic carbocycles. The first-order chi connectivity index (χ1) is 11.3. The molecule has 0 bridgehead atoms. The van der Waals surface area contributed by atoms with E-state index in [9.17, 15) is 0 Å². The van der Waals surface area contributed by atoms with Gasteiger partial charge < -0.3 is 10.6 Å². The van der Waals surface area contributed by atoms with Crippen LogP contribution in [0.5, 0.6) is 0 Å². The number of nitrogens with zero attached hydrogens (tertiary/aromatic N) is 3. The smallest absolute Gasteiger partial charge is 0.183 e. The average Bonchev–Trinajstić information content (AvgIpc) is 3.01. The third-order valence-electron chi connectivity index (χ3n) is 3.30. The Kier molecular flexibility index (Phi) is 4.37. The van der Waals surface area contributed by atoms with Gasteiger partial charge in [0.15, 0.2) is 5.13 Å². The Morgan fingerprint density at radius 2 is 1.61 bits per heavy atom. The second kappa shape index (κ2) is 6.78. The van der Waals surface area contributed by atoms with Crippen LogP contribution in [0.1, 0.15) is 11.1 Å². The first kappa shape index (κ1) is 14.8. The quantitative estimate of drug-likeness (QED) is 0.702. The predicted molar refractivity (Wildman–Crippen MR) is 92.5 cm³/mol. The molecule has 0 saturated carbocycles. The Morgan fingerprint density at radius 1 is 0.913 bits per heavy atom. The van der Waals surface area contributed by atoms with Gasteiger partial charge in [-0.1, -0.05) is 29.5 Å². The van der Waals surface area contributed by atoms with Crippen LogP contribution in [0.25, 0.3) is 10.2 Å². The molecule has 1 heterocycles. The summed E-state index contributed by atoms with van der Waals surface area (Å²) in [6.45, 7) is 1.23. The maximum atomic E-state index is 9.13. The Bertz CT molecular complexity index is 851. The Morgan fingerprint density at radius 3 is 2.30 bits per heavy atom. The van der Waals surface area contributed by atoms with Crippen molar-refractivity contribution in [1.82, 2.24) is 4.98 Å². The van der Waals surface area contributed by atoms with E-state index in [4.69, 9.17) is 10.5 Å². The molecule has 2 aromatic carbocycles. The van der Waals surface area contributed by atoms with Crippen molar-refractivity contribution in [3.63, 3.8) is 0 Å². The first-order valence-electron chi connectivity index (χ1n) is 7.08. The van der Waals surface area contributed by atoms with Crippen molar-refractivity contribution in [2.75, 3.05) is 23.7 Å². The second-order valence-electron chi connectivity index (χ2n) is 4.79. The molecule has 0 radical (unpaired) electrons. The van der Waals surface area contributed by atoms with Crippen molar-refractivity contribution in [3.8, 4) is 12.1 Å². The maximum absolute atomic E-state index is 9.13. The van der Waals surface area contributed by atoms with Gasteiger partial charge in [-0.15, -0.1) is 0 Å². The zero-order valence-corrected chi connectivity index (χ0v) is 13.0. The number of fused-ring (bicyclic) bond motifs is 1. The van der Waals surface area contributed by atoms with E-state index in [1.54, 1.807) is 29.5 Å². The van der Waals surface area contributed by atoms with Crippen molar-refractivity contribution < 1.29 is 0 Å². The Labute approximate surface area is 137 Å². The van der Waals surface area contributed by atoms with Gasteiger partial charge in [-0.25, -0.2) is 4.98 Å². The minimum absolute atomic E-state index is 0.476. The van der Waals surface area contributed by atoms with Crippen molar-refractivity contribution in [2.24, 2.45) is 0 Å². The fourth-order valence-electron chi connectivity index (χ4n) is 2.23. The molecule has 3 aromatic rings. The largest absolute Gasteiger partial charge is 0.381 e. The molecule has 6 heteroatoms. The normalized spacial score (nSPS) is 10.0. The summed E-state index contributed by atoms with van der Waals surface area (Å²) in [7, 11) is 0. The predicted octanol–water partition coefficient (Wildman–Crippen LogP) is 3.56. The first-order valence-corrected chi connectivity index (χ1v) is 7.90. The van der Waals surface area contributed by atoms with E-state index in [0.717, 1.165) is 15.3 Å². The molecular formula is C17H13N5S. The summed E-state index contributed by atoms with van der Waals surface area (Å²) in [6, 6.07) is 17.3. The SMILES string of the molecule is N#Cc1cccc(C#N)c1NCCNc1nc2ccccc2s1. The lowest BCUT2D eigenvalue weighted by Gasteiger charge is -2.10. The molecular weight excluding hydrogens is 306 g/mol. The summed E-state index contributed by atoms with van der Waals surface area (Å²) in [5, 5.41) is 25.5. The van der Waals surface area contributed by atoms with Crippen LogP contribution in [0.2, 0.25) is 0 Å². The molecule has 5 nitrogen and oxygen atoms in total. The van der Waals surface area contributed by atoms with Crippen LogP contribution in [-0.2, 0) is 0 Å². The third kappa shape index (κ3) is 3.23. The van der Waals surface area contributed by atoms with Crippen LogP contribution < -0.4 is 10.6 Å². The van der Waals surface area contributed by atoms with Crippen LogP contribution in [0.4, 0.5) is 10.8 Å². The highest BCUT2D eigenvalue weighted by Gasteiger charge is 2.07. The second-order valence-corrected chi connectivity index (χ2v) is 5.82. The lowest BCUT2D eigenvalue weighted by molar-refractivity contribution is 1.07. The molecule has 0 amide bonds. The fraction of sp³-hybridized carbons (Fsp3) is 0.118. The van der Waals surface area contributed by atoms with Gasteiger partial charge in [-0.05, 0) is 24.3 Å². The molecule has 1 aromatic heterocycles. The molecule has 0 aliphatic rings. The molecule has 0 aliphatic heterocycles. The molecule has 2 N–H and O–H groups in total. The van der Waals surface area contributed by atoms with Crippen LogP contribution in [-0.4, -0.2) is 18.1 Å². The Hall–Kier alpha value is -3.09. The lowest BCUT2D eigenvalue weighted by Crippen LogP contribution is -2.14. The Balaban J connectivity index is 1.62. The lowest BCUT2D eigenvalue weighted by atomic mass is 10.1. The monoisotopic (exact) mass is 319 g/mol. The van der Waals surface area contributed by atoms with Crippen LogP contribution in [0.15, 0.2) is 42.5 Å². The van der Waals surface area contributed by atoms with E-state index in [1.165, 1.54) is 0 Å². The molecule has 0 unspecified atom stereocenters. The number of benzene rings is 2. The number of nitriles is 2. The third-order valence-corrected chi connectivity index (χ3v) is 4.30. The number of rotatable bonds is 5. The van der Waals surface area contributed by atoms with Crippen LogP contribution >= 0.6 is 11.3 Å². The standard InChI is InChI=1S/C17H13N5S/c18-10-12-4-3-5-13(11-19)16(12)20-8-9-21-17-22-14-6-1-2-7-15(14)23-17/h1-7,20H,8-9H2,(H,21,22). The summed E-state index contributed by atoms with van der Waals surface area (Å²) in [4.78, 5) is 4.50. The summed E-state index contributed by atoms with van der Waals surface area (Å²) in [6.07, 6.45) is 0. The number of para-hydroxylation sites is 2. The van der Waals surface area contributed by atoms with Gasteiger partial charge in [0.05, 0.1) is 27.0 Å². The summed E-state index contributed by atoms with van der Waals surface area (Å²) in [5.41, 5.74) is 2.52. The van der Waals surface area contributed by atoms with Gasteiger partial charge in [-0.2, -0.15) is 10.5 Å². The number of aromatic nitrogens is 1. The highest BCUT2D eigenvalue weighted by atomic mass is 32.1. The minimum Gasteiger partial charge on any atom is -0.381 e. The van der Waals surface area contributed by atoms with Crippen molar-refractivity contribution in [1.29, 1.82) is 10.5 Å². The number of thiazole rings is 1. The minimum atomic E-state index is 0.476. The highest BCUT2D eigenvalue weighted by Crippen LogP contribution is 2.25. The van der Waals surface area contributed by atoms with E-state index in [2.05, 4.69) is 27.8 Å². The van der Waals surface area contributed by atoms with Gasteiger partial charge in [0.2, 0.25) is 0 Å². The van der Waals surface area contributed by atoms with Crippen molar-refractivity contribution in [3.05, 3.63) is 53.6 Å². The van der Waals surface area contributed by atoms with Crippen molar-refractivity contribution in [2.45, 2.75) is 0 Å². The maximum Gasteiger partial charge on any atom is 0.183 e. The van der Waals surface area contributed by atoms with E-state index in [0.29, 0.717) is 29.9 Å². The molecule has 0 fully saturated rings. The van der Waals surface area contributed by atoms with Gasteiger partial charge in [0.25, 0.3) is 0 Å². The summed E-state index contributed by atoms with van der Waals surface area (Å²) >= 11 is 1.60. The number of hydrogen-bond donors (Lipinski definition) is 2. The average molecular weight is 319 g/mol. The molecule has 23 heavy (non-hydrogen) atoms. The van der Waals surface area contributed by atoms with Gasteiger partial charge in [0.1, 0.15) is 12.1 Å². The topological polar surface area (TPSA) is 84.5 Å². The summed E-state index contributed by atoms with van der Waals surface area (Å²) < 4.78 is 1.14. The molecule has 3 rings (SSSR count). The summed E-state index contributed by atoms with van der Waals surface area (Å²) in [5.74, 6) is 0. The molecule has 112 valence electrons. The molecule has 0 atom stereocenters. The molecule has 0 saturated heterocycles. The van der Waals surface area contributed by atoms with E-state index in [-0.39, 0.29) is 0 Å². The van der Waals surface area contributed by atoms with E-state index < -0.39 is 0 Å². The van der Waals surface area contributed by atoms with Crippen molar-refractivity contribution >= 4 is 32.4 Å². The van der Waals surface area contributed by atoms with Gasteiger partial charge in [-0.3, -0.25) is 0 Å². The number of nitrogens with one attached hydrogen (secondary N) is 2. The highest BCUT2D eigenvalue weighted by molar-refractivity contribution is 7.22. The zero-order valence-electron chi connectivity index (χ0n) is 12.2. The number of anilines is 2. The van der Waals surface area contributed by atoms with E-state index >= 15 is 0 Å². The van der Waals surface area contributed by atoms with Gasteiger partial charge >= 0.3 is 0 Å². The van der Waals surface area contributed by atoms with E-state index in [1.807, 2.05) is 24.3 Å². The fourth-order valence-corrected chi connectivity index (χ4v) is 3.13. The zero-order chi connectivity index (χ0) is 16.1. The van der Waals surface area contributed by atoms with Gasteiger partial charge in [0, 0.05) is 13.1 Å². The van der Waals surface area contributed by atoms with Crippen LogP contribution in [0.3, 0.4) is 0 Å². The number of hydrogen-bond acceptors (Lipinski definition) is 6. The molecule has 0 spiro atoms. The van der Waals surface area contributed by atoms with Crippen LogP contribution in [0, 0.1) is 22.7 Å².